The van der Waals surface area contributed by atoms with Crippen LogP contribution in [0, 0.1) is 0 Å². The van der Waals surface area contributed by atoms with Gasteiger partial charge in [0.25, 0.3) is 0 Å². The molecule has 1 amide bonds. The second kappa shape index (κ2) is 5.55. The molecule has 0 fully saturated rings. The van der Waals surface area contributed by atoms with Crippen molar-refractivity contribution < 1.29 is 4.79 Å². The third kappa shape index (κ3) is 2.25. The van der Waals surface area contributed by atoms with E-state index in [4.69, 9.17) is 5.73 Å². The summed E-state index contributed by atoms with van der Waals surface area (Å²) in [5, 5.41) is 2.33. The molecule has 0 saturated heterocycles. The summed E-state index contributed by atoms with van der Waals surface area (Å²) in [7, 11) is 0. The van der Waals surface area contributed by atoms with Gasteiger partial charge in [-0.2, -0.15) is 0 Å². The monoisotopic (exact) mass is 288 g/mol. The fourth-order valence-corrected chi connectivity index (χ4v) is 2.68. The van der Waals surface area contributed by atoms with Gasteiger partial charge in [-0.3, -0.25) is 4.79 Å². The number of para-hydroxylation sites is 1. The lowest BCUT2D eigenvalue weighted by Crippen LogP contribution is -2.20. The van der Waals surface area contributed by atoms with Crippen molar-refractivity contribution in [1.82, 2.24) is 4.98 Å². The van der Waals surface area contributed by atoms with Gasteiger partial charge in [-0.1, -0.05) is 31.2 Å². The summed E-state index contributed by atoms with van der Waals surface area (Å²) in [5.41, 5.74) is 8.66. The van der Waals surface area contributed by atoms with Crippen molar-refractivity contribution in [1.29, 1.82) is 0 Å². The lowest BCUT2D eigenvalue weighted by Gasteiger charge is -2.11. The molecule has 1 heterocycles. The predicted octanol–water partition coefficient (Wildman–Crippen LogP) is 3.72. The predicted molar refractivity (Wildman–Crippen MR) is 85.3 cm³/mol. The fraction of sp³-hybridized carbons (Fsp3) is 0.188. The smallest absolute Gasteiger partial charge is 0.224 e. The molecule has 0 bridgehead atoms. The minimum absolute atomic E-state index is 0. The van der Waals surface area contributed by atoms with Gasteiger partial charge in [0.15, 0.2) is 0 Å². The molecule has 0 aliphatic heterocycles. The number of nitrogens with two attached hydrogens (primary N) is 1. The third-order valence-corrected chi connectivity index (χ3v) is 3.68. The van der Waals surface area contributed by atoms with Crippen LogP contribution < -0.4 is 5.73 Å². The molecule has 0 radical (unpaired) electrons. The summed E-state index contributed by atoms with van der Waals surface area (Å²) in [6.07, 6.45) is 0.725. The lowest BCUT2D eigenvalue weighted by atomic mass is 9.94. The molecule has 0 aliphatic rings. The second-order valence-electron chi connectivity index (χ2n) is 4.84. The van der Waals surface area contributed by atoms with E-state index in [1.807, 2.05) is 31.2 Å². The number of H-pyrrole nitrogens is 1. The summed E-state index contributed by atoms with van der Waals surface area (Å²) in [6, 6.07) is 14.3. The first-order valence-corrected chi connectivity index (χ1v) is 6.50. The summed E-state index contributed by atoms with van der Waals surface area (Å²) < 4.78 is 0. The van der Waals surface area contributed by atoms with Crippen LogP contribution in [0.3, 0.4) is 0 Å². The van der Waals surface area contributed by atoms with Crippen molar-refractivity contribution in [3.05, 3.63) is 48.0 Å². The van der Waals surface area contributed by atoms with Gasteiger partial charge in [-0.05, 0) is 30.2 Å². The summed E-state index contributed by atoms with van der Waals surface area (Å²) >= 11 is 0. The molecule has 1 unspecified atom stereocenters. The Morgan fingerprint density at radius 3 is 2.55 bits per heavy atom. The summed E-state index contributed by atoms with van der Waals surface area (Å²) in [4.78, 5) is 14.9. The molecule has 3 aromatic rings. The van der Waals surface area contributed by atoms with Crippen molar-refractivity contribution >= 4 is 40.1 Å². The van der Waals surface area contributed by atoms with Crippen molar-refractivity contribution in [3.8, 4) is 0 Å². The van der Waals surface area contributed by atoms with Crippen LogP contribution in [0.2, 0.25) is 0 Å². The molecule has 4 heteroatoms. The van der Waals surface area contributed by atoms with E-state index in [2.05, 4.69) is 23.2 Å². The van der Waals surface area contributed by atoms with E-state index in [0.29, 0.717) is 0 Å². The summed E-state index contributed by atoms with van der Waals surface area (Å²) in [6.45, 7) is 1.98. The van der Waals surface area contributed by atoms with E-state index in [1.165, 1.54) is 5.39 Å². The van der Waals surface area contributed by atoms with Gasteiger partial charge in [-0.25, -0.2) is 0 Å². The van der Waals surface area contributed by atoms with Gasteiger partial charge < -0.3 is 10.7 Å². The van der Waals surface area contributed by atoms with Crippen LogP contribution in [0.4, 0.5) is 0 Å². The Morgan fingerprint density at radius 1 is 1.15 bits per heavy atom. The number of halogens is 1. The molecule has 0 spiro atoms. The zero-order valence-corrected chi connectivity index (χ0v) is 12.0. The third-order valence-electron chi connectivity index (χ3n) is 3.68. The highest BCUT2D eigenvalue weighted by Gasteiger charge is 2.16. The van der Waals surface area contributed by atoms with Crippen LogP contribution in [-0.2, 0) is 4.79 Å². The maximum atomic E-state index is 11.5. The minimum atomic E-state index is -0.262. The van der Waals surface area contributed by atoms with Crippen molar-refractivity contribution in [2.24, 2.45) is 5.73 Å². The Bertz CT molecular complexity index is 763. The highest BCUT2D eigenvalue weighted by atomic mass is 35.5. The van der Waals surface area contributed by atoms with Gasteiger partial charge in [0.05, 0.1) is 5.92 Å². The molecular formula is C16H17ClN2O. The van der Waals surface area contributed by atoms with Crippen molar-refractivity contribution in [2.75, 3.05) is 0 Å². The lowest BCUT2D eigenvalue weighted by molar-refractivity contribution is -0.119. The van der Waals surface area contributed by atoms with Crippen LogP contribution in [0.15, 0.2) is 42.5 Å². The van der Waals surface area contributed by atoms with Gasteiger partial charge in [0.2, 0.25) is 5.91 Å². The molecule has 20 heavy (non-hydrogen) atoms. The largest absolute Gasteiger partial charge is 0.369 e. The molecule has 1 atom stereocenters. The van der Waals surface area contributed by atoms with Crippen molar-refractivity contribution in [3.63, 3.8) is 0 Å². The Balaban J connectivity index is 0.00000147. The second-order valence-corrected chi connectivity index (χ2v) is 4.84. The number of hydrogen-bond donors (Lipinski definition) is 2. The SMILES string of the molecule is CCC(C(N)=O)c1ccc2[nH]c3ccccc3c2c1.Cl. The molecule has 3 nitrogen and oxygen atoms in total. The topological polar surface area (TPSA) is 58.9 Å². The molecule has 3 rings (SSSR count). The molecule has 1 aromatic heterocycles. The van der Waals surface area contributed by atoms with E-state index in [0.717, 1.165) is 28.4 Å². The number of fused-ring (bicyclic) bond motifs is 3. The Labute approximate surface area is 123 Å². The zero-order chi connectivity index (χ0) is 13.4. The fourth-order valence-electron chi connectivity index (χ4n) is 2.68. The Hall–Kier alpha value is -2.00. The van der Waals surface area contributed by atoms with Crippen LogP contribution in [0.1, 0.15) is 24.8 Å². The van der Waals surface area contributed by atoms with E-state index in [9.17, 15) is 4.79 Å². The number of aromatic amines is 1. The quantitative estimate of drug-likeness (QED) is 0.758. The van der Waals surface area contributed by atoms with Gasteiger partial charge in [-0.15, -0.1) is 12.4 Å². The first-order valence-electron chi connectivity index (χ1n) is 6.50. The first-order chi connectivity index (χ1) is 9.20. The number of hydrogen-bond acceptors (Lipinski definition) is 1. The van der Waals surface area contributed by atoms with Crippen LogP contribution >= 0.6 is 12.4 Å². The van der Waals surface area contributed by atoms with E-state index < -0.39 is 0 Å². The Morgan fingerprint density at radius 2 is 1.85 bits per heavy atom. The number of carbonyl (C=O) groups is 1. The Kier molecular flexibility index (Phi) is 4.00. The van der Waals surface area contributed by atoms with Gasteiger partial charge in [0, 0.05) is 21.8 Å². The summed E-state index contributed by atoms with van der Waals surface area (Å²) in [5.74, 6) is -0.472. The minimum Gasteiger partial charge on any atom is -0.369 e. The maximum absolute atomic E-state index is 11.5. The van der Waals surface area contributed by atoms with Crippen LogP contribution in [0.25, 0.3) is 21.8 Å². The van der Waals surface area contributed by atoms with E-state index >= 15 is 0 Å². The molecule has 3 N–H and O–H groups in total. The maximum Gasteiger partial charge on any atom is 0.224 e. The number of amides is 1. The highest BCUT2D eigenvalue weighted by molar-refractivity contribution is 6.07. The number of nitrogens with one attached hydrogen (secondary N) is 1. The molecule has 2 aromatic carbocycles. The van der Waals surface area contributed by atoms with E-state index in [-0.39, 0.29) is 24.2 Å². The molecular weight excluding hydrogens is 272 g/mol. The highest BCUT2D eigenvalue weighted by Crippen LogP contribution is 2.29. The molecule has 104 valence electrons. The average molecular weight is 289 g/mol. The number of primary amides is 1. The van der Waals surface area contributed by atoms with Crippen LogP contribution in [-0.4, -0.2) is 10.9 Å². The van der Waals surface area contributed by atoms with Crippen LogP contribution in [0.5, 0.6) is 0 Å². The normalized spacial score (nSPS) is 12.2. The zero-order valence-electron chi connectivity index (χ0n) is 11.2. The number of rotatable bonds is 3. The average Bonchev–Trinajstić information content (AvgIpc) is 2.77. The number of carbonyl (C=O) groups excluding carboxylic acids is 1. The molecule has 0 aliphatic carbocycles. The van der Waals surface area contributed by atoms with Gasteiger partial charge in [0.1, 0.15) is 0 Å². The molecule has 0 saturated carbocycles. The van der Waals surface area contributed by atoms with E-state index in [1.54, 1.807) is 0 Å². The van der Waals surface area contributed by atoms with Gasteiger partial charge >= 0.3 is 0 Å². The first kappa shape index (κ1) is 14.4. The van der Waals surface area contributed by atoms with Crippen molar-refractivity contribution in [2.45, 2.75) is 19.3 Å². The standard InChI is InChI=1S/C16H16N2O.ClH/c1-2-11(16(17)19)10-7-8-15-13(9-10)12-5-3-4-6-14(12)18-15;/h3-9,11,18H,2H2,1H3,(H2,17,19);1H. The number of benzene rings is 2. The number of aromatic nitrogens is 1.